The summed E-state index contributed by atoms with van der Waals surface area (Å²) in [6, 6.07) is -0.628. The van der Waals surface area contributed by atoms with E-state index in [4.69, 9.17) is 4.74 Å². The van der Waals surface area contributed by atoms with Crippen molar-refractivity contribution in [2.45, 2.75) is 463 Å². The number of hydrogen-bond acceptors (Lipinski definition) is 5. The first-order valence-electron chi connectivity index (χ1n) is 40.9. The van der Waals surface area contributed by atoms with Crippen LogP contribution in [0, 0.1) is 0 Å². The maximum atomic E-state index is 12.5. The topological polar surface area (TPSA) is 95.9 Å². The van der Waals surface area contributed by atoms with Crippen molar-refractivity contribution >= 4 is 11.9 Å². The Morgan fingerprint density at radius 1 is 0.311 bits per heavy atom. The summed E-state index contributed by atoms with van der Waals surface area (Å²) in [7, 11) is 0. The molecule has 0 spiro atoms. The normalized spacial score (nSPS) is 12.7. The second-order valence-corrected chi connectivity index (χ2v) is 28.1. The molecule has 6 nitrogen and oxygen atoms in total. The predicted molar refractivity (Wildman–Crippen MR) is 398 cm³/mol. The van der Waals surface area contributed by atoms with E-state index in [0.29, 0.717) is 19.4 Å². The molecule has 0 aliphatic heterocycles. The molecule has 0 bridgehead atoms. The zero-order valence-corrected chi connectivity index (χ0v) is 60.9. The van der Waals surface area contributed by atoms with Crippen LogP contribution in [0.3, 0.4) is 0 Å². The molecule has 0 radical (unpaired) electrons. The number of amides is 1. The Kier molecular flexibility index (Phi) is 77.3. The van der Waals surface area contributed by atoms with E-state index < -0.39 is 12.1 Å². The van der Waals surface area contributed by atoms with Gasteiger partial charge in [-0.25, -0.2) is 0 Å². The molecular weight excluding hydrogens is 1100 g/mol. The van der Waals surface area contributed by atoms with Crippen LogP contribution >= 0.6 is 0 Å². The van der Waals surface area contributed by atoms with Crippen molar-refractivity contribution in [3.05, 3.63) is 48.6 Å². The lowest BCUT2D eigenvalue weighted by Gasteiger charge is -2.20. The van der Waals surface area contributed by atoms with Crippen LogP contribution in [-0.4, -0.2) is 47.4 Å². The van der Waals surface area contributed by atoms with Gasteiger partial charge in [-0.1, -0.05) is 396 Å². The summed E-state index contributed by atoms with van der Waals surface area (Å²) in [6.07, 6.45) is 105. The van der Waals surface area contributed by atoms with Gasteiger partial charge in [0.25, 0.3) is 0 Å². The fourth-order valence-electron chi connectivity index (χ4n) is 12.8. The Balaban J connectivity index is 3.38. The number of aliphatic hydroxyl groups excluding tert-OH is 2. The van der Waals surface area contributed by atoms with Gasteiger partial charge >= 0.3 is 5.97 Å². The number of unbranched alkanes of at least 4 members (excludes halogenated alkanes) is 60. The van der Waals surface area contributed by atoms with Crippen LogP contribution in [0.25, 0.3) is 0 Å². The molecule has 0 aromatic heterocycles. The maximum absolute atomic E-state index is 12.5. The Labute approximate surface area is 563 Å². The molecule has 0 heterocycles. The highest BCUT2D eigenvalue weighted by Crippen LogP contribution is 2.19. The molecule has 530 valence electrons. The highest BCUT2D eigenvalue weighted by Gasteiger charge is 2.18. The van der Waals surface area contributed by atoms with Crippen molar-refractivity contribution in [3.63, 3.8) is 0 Å². The standard InChI is InChI=1S/C84H159NO5/c1-3-5-7-9-11-13-15-17-19-21-23-41-44-48-52-56-60-64-68-72-76-82(87)81(80-86)85-83(88)77-73-69-65-61-57-53-49-45-42-39-37-35-33-31-29-27-25-24-26-28-30-32-34-36-38-40-43-47-51-55-59-63-67-71-75-79-90-84(89)78-74-70-66-62-58-54-50-46-22-20-18-16-14-12-10-8-6-4-2/h20,22,26,28,32,34,72,76,81-82,86-87H,3-19,21,23-25,27,29-31,33,35-71,73-75,77-80H2,1-2H3,(H,85,88)/b22-20-,28-26-,34-32-,76-72+. The molecule has 0 saturated carbocycles. The lowest BCUT2D eigenvalue weighted by Crippen LogP contribution is -2.45. The van der Waals surface area contributed by atoms with Gasteiger partial charge < -0.3 is 20.3 Å². The molecule has 0 fully saturated rings. The molecule has 3 N–H and O–H groups in total. The minimum Gasteiger partial charge on any atom is -0.466 e. The zero-order valence-electron chi connectivity index (χ0n) is 60.9. The van der Waals surface area contributed by atoms with E-state index in [9.17, 15) is 19.8 Å². The summed E-state index contributed by atoms with van der Waals surface area (Å²) in [5, 5.41) is 23.3. The molecule has 0 aliphatic carbocycles. The second kappa shape index (κ2) is 79.3. The van der Waals surface area contributed by atoms with Gasteiger partial charge in [-0.3, -0.25) is 9.59 Å². The fraction of sp³-hybridized carbons (Fsp3) is 0.881. The monoisotopic (exact) mass is 1260 g/mol. The van der Waals surface area contributed by atoms with Crippen molar-refractivity contribution < 1.29 is 24.5 Å². The first kappa shape index (κ1) is 87.8. The summed E-state index contributed by atoms with van der Waals surface area (Å²) in [4.78, 5) is 24.7. The number of nitrogens with one attached hydrogen (secondary N) is 1. The van der Waals surface area contributed by atoms with Gasteiger partial charge in [0.1, 0.15) is 0 Å². The highest BCUT2D eigenvalue weighted by atomic mass is 16.5. The molecule has 0 rings (SSSR count). The number of esters is 1. The van der Waals surface area contributed by atoms with Gasteiger partial charge in [-0.2, -0.15) is 0 Å². The second-order valence-electron chi connectivity index (χ2n) is 28.1. The lowest BCUT2D eigenvalue weighted by atomic mass is 10.0. The van der Waals surface area contributed by atoms with E-state index in [0.717, 1.165) is 51.4 Å². The summed E-state index contributed by atoms with van der Waals surface area (Å²) in [5.41, 5.74) is 0. The Hall–Kier alpha value is -2.18. The summed E-state index contributed by atoms with van der Waals surface area (Å²) >= 11 is 0. The Morgan fingerprint density at radius 3 is 0.856 bits per heavy atom. The zero-order chi connectivity index (χ0) is 64.9. The van der Waals surface area contributed by atoms with Gasteiger partial charge in [0.05, 0.1) is 25.4 Å². The molecule has 0 aromatic carbocycles. The van der Waals surface area contributed by atoms with Crippen LogP contribution in [0.15, 0.2) is 48.6 Å². The summed E-state index contributed by atoms with van der Waals surface area (Å²) < 4.78 is 5.51. The molecule has 6 heteroatoms. The van der Waals surface area contributed by atoms with Crippen LogP contribution in [0.2, 0.25) is 0 Å². The third-order valence-corrected chi connectivity index (χ3v) is 19.1. The number of hydrogen-bond donors (Lipinski definition) is 3. The first-order chi connectivity index (χ1) is 44.5. The van der Waals surface area contributed by atoms with Crippen LogP contribution in [0.1, 0.15) is 450 Å². The molecule has 2 unspecified atom stereocenters. The van der Waals surface area contributed by atoms with Gasteiger partial charge in [-0.05, 0) is 89.9 Å². The molecule has 0 aromatic rings. The van der Waals surface area contributed by atoms with Gasteiger partial charge in [-0.15, -0.1) is 0 Å². The van der Waals surface area contributed by atoms with Crippen molar-refractivity contribution in [3.8, 4) is 0 Å². The molecule has 0 aliphatic rings. The highest BCUT2D eigenvalue weighted by molar-refractivity contribution is 5.76. The van der Waals surface area contributed by atoms with E-state index in [-0.39, 0.29) is 18.5 Å². The van der Waals surface area contributed by atoms with E-state index >= 15 is 0 Å². The third kappa shape index (κ3) is 74.9. The number of allylic oxidation sites excluding steroid dienone is 7. The minimum absolute atomic E-state index is 0.0143. The summed E-state index contributed by atoms with van der Waals surface area (Å²) in [5.74, 6) is -0.0474. The number of rotatable bonds is 77. The van der Waals surface area contributed by atoms with Crippen LogP contribution in [0.4, 0.5) is 0 Å². The van der Waals surface area contributed by atoms with E-state index in [1.165, 1.54) is 372 Å². The van der Waals surface area contributed by atoms with Crippen molar-refractivity contribution in [1.82, 2.24) is 5.32 Å². The predicted octanol–water partition coefficient (Wildman–Crippen LogP) is 27.2. The Bertz CT molecular complexity index is 1500. The SMILES string of the molecule is CCCCCCCCC/C=C\CCCCCCCCCC(=O)OCCCCCCCCCCCCC/C=C\C/C=C\CCCCCCCCCCCCCCCCCCCC(=O)NC(CO)C(O)/C=C/CCCCCCCCCCCCCCCCCCCC. The van der Waals surface area contributed by atoms with E-state index in [1.54, 1.807) is 6.08 Å². The van der Waals surface area contributed by atoms with E-state index in [1.807, 2.05) is 6.08 Å². The van der Waals surface area contributed by atoms with Gasteiger partial charge in [0, 0.05) is 12.8 Å². The average Bonchev–Trinajstić information content (AvgIpc) is 3.71. The first-order valence-corrected chi connectivity index (χ1v) is 40.9. The number of carbonyl (C=O) groups is 2. The van der Waals surface area contributed by atoms with Gasteiger partial charge in [0.15, 0.2) is 0 Å². The number of aliphatic hydroxyl groups is 2. The largest absolute Gasteiger partial charge is 0.466 e. The third-order valence-electron chi connectivity index (χ3n) is 19.1. The fourth-order valence-corrected chi connectivity index (χ4v) is 12.8. The van der Waals surface area contributed by atoms with Crippen LogP contribution in [-0.2, 0) is 14.3 Å². The van der Waals surface area contributed by atoms with Crippen LogP contribution < -0.4 is 5.32 Å². The maximum Gasteiger partial charge on any atom is 0.305 e. The minimum atomic E-state index is -0.844. The quantitative estimate of drug-likeness (QED) is 0.0320. The molecule has 0 saturated heterocycles. The molecule has 2 atom stereocenters. The summed E-state index contributed by atoms with van der Waals surface area (Å²) in [6.45, 7) is 4.95. The van der Waals surface area contributed by atoms with Crippen molar-refractivity contribution in [2.24, 2.45) is 0 Å². The van der Waals surface area contributed by atoms with Crippen molar-refractivity contribution in [2.75, 3.05) is 13.2 Å². The van der Waals surface area contributed by atoms with Gasteiger partial charge in [0.2, 0.25) is 5.91 Å². The molecule has 1 amide bonds. The van der Waals surface area contributed by atoms with Crippen molar-refractivity contribution in [1.29, 1.82) is 0 Å². The average molecular weight is 1260 g/mol. The van der Waals surface area contributed by atoms with E-state index in [2.05, 4.69) is 55.6 Å². The number of carbonyl (C=O) groups excluding carboxylic acids is 2. The number of ether oxygens (including phenoxy) is 1. The molecular formula is C84H159NO5. The lowest BCUT2D eigenvalue weighted by molar-refractivity contribution is -0.143. The smallest absolute Gasteiger partial charge is 0.305 e. The molecule has 90 heavy (non-hydrogen) atoms. The Morgan fingerprint density at radius 2 is 0.556 bits per heavy atom. The van der Waals surface area contributed by atoms with Crippen LogP contribution in [0.5, 0.6) is 0 Å².